The minimum absolute atomic E-state index is 0.447. The van der Waals surface area contributed by atoms with Crippen molar-refractivity contribution in [1.29, 1.82) is 0 Å². The monoisotopic (exact) mass is 459 g/mol. The van der Waals surface area contributed by atoms with Gasteiger partial charge in [-0.05, 0) is 44.4 Å². The van der Waals surface area contributed by atoms with Gasteiger partial charge in [-0.25, -0.2) is 4.98 Å². The molecule has 0 fully saturated rings. The Morgan fingerprint density at radius 1 is 1.00 bits per heavy atom. The third-order valence-electron chi connectivity index (χ3n) is 5.28. The normalized spacial score (nSPS) is 11.4. The van der Waals surface area contributed by atoms with Gasteiger partial charge in [0.05, 0.1) is 29.3 Å². The maximum atomic E-state index is 6.27. The van der Waals surface area contributed by atoms with Gasteiger partial charge in [0.25, 0.3) is 0 Å². The van der Waals surface area contributed by atoms with Crippen molar-refractivity contribution in [2.75, 3.05) is 26.0 Å². The first-order chi connectivity index (χ1) is 16.0. The van der Waals surface area contributed by atoms with E-state index < -0.39 is 0 Å². The molecule has 5 rings (SSSR count). The highest BCUT2D eigenvalue weighted by Gasteiger charge is 2.14. The minimum Gasteiger partial charge on any atom is -0.437 e. The summed E-state index contributed by atoms with van der Waals surface area (Å²) in [5.41, 5.74) is 4.49. The second kappa shape index (κ2) is 8.65. The number of benzene rings is 2. The molecule has 0 aliphatic carbocycles. The Balaban J connectivity index is 1.47. The van der Waals surface area contributed by atoms with E-state index in [0.717, 1.165) is 40.2 Å². The number of halogens is 1. The van der Waals surface area contributed by atoms with Crippen molar-refractivity contribution in [3.8, 4) is 11.6 Å². The van der Waals surface area contributed by atoms with Gasteiger partial charge < -0.3 is 14.5 Å². The number of pyridine rings is 1. The number of nitrogens with zero attached hydrogens (tertiary/aromatic N) is 7. The van der Waals surface area contributed by atoms with E-state index in [9.17, 15) is 0 Å². The van der Waals surface area contributed by atoms with E-state index >= 15 is 0 Å². The number of hydrogen-bond acceptors (Lipinski definition) is 7. The van der Waals surface area contributed by atoms with Crippen LogP contribution in [0.4, 0.5) is 11.4 Å². The van der Waals surface area contributed by atoms with Crippen LogP contribution in [0.1, 0.15) is 5.69 Å². The van der Waals surface area contributed by atoms with Crippen molar-refractivity contribution in [2.45, 2.75) is 6.54 Å². The zero-order chi connectivity index (χ0) is 22.9. The highest BCUT2D eigenvalue weighted by molar-refractivity contribution is 6.31. The van der Waals surface area contributed by atoms with E-state index in [-0.39, 0.29) is 0 Å². The molecule has 0 saturated carbocycles. The molecule has 0 radical (unpaired) electrons. The van der Waals surface area contributed by atoms with Crippen LogP contribution in [0.15, 0.2) is 67.3 Å². The van der Waals surface area contributed by atoms with Gasteiger partial charge in [0, 0.05) is 41.8 Å². The molecule has 33 heavy (non-hydrogen) atoms. The molecule has 8 nitrogen and oxygen atoms in total. The molecular formula is C24H22ClN7O. The fourth-order valence-electron chi connectivity index (χ4n) is 3.74. The van der Waals surface area contributed by atoms with Gasteiger partial charge >= 0.3 is 0 Å². The topological polar surface area (TPSA) is 71.7 Å². The average molecular weight is 460 g/mol. The van der Waals surface area contributed by atoms with Crippen LogP contribution in [0.3, 0.4) is 0 Å². The Morgan fingerprint density at radius 3 is 2.67 bits per heavy atom. The highest BCUT2D eigenvalue weighted by atomic mass is 35.5. The predicted octanol–water partition coefficient (Wildman–Crippen LogP) is 4.95. The molecular weight excluding hydrogens is 438 g/mol. The molecule has 0 unspecified atom stereocenters. The summed E-state index contributed by atoms with van der Waals surface area (Å²) in [6.07, 6.45) is 5.07. The van der Waals surface area contributed by atoms with Crippen LogP contribution >= 0.6 is 11.6 Å². The van der Waals surface area contributed by atoms with E-state index in [2.05, 4.69) is 25.1 Å². The Bertz CT molecular complexity index is 1430. The Hall–Kier alpha value is -3.75. The smallest absolute Gasteiger partial charge is 0.237 e. The predicted molar refractivity (Wildman–Crippen MR) is 130 cm³/mol. The quantitative estimate of drug-likeness (QED) is 0.356. The lowest BCUT2D eigenvalue weighted by Crippen LogP contribution is -2.12. The van der Waals surface area contributed by atoms with E-state index in [1.54, 1.807) is 18.7 Å². The number of rotatable bonds is 6. The fourth-order valence-corrected chi connectivity index (χ4v) is 3.91. The van der Waals surface area contributed by atoms with Crippen LogP contribution in [0, 0.1) is 0 Å². The van der Waals surface area contributed by atoms with E-state index in [0.29, 0.717) is 16.7 Å². The van der Waals surface area contributed by atoms with Gasteiger partial charge in [0.15, 0.2) is 5.65 Å². The van der Waals surface area contributed by atoms with E-state index in [1.807, 2.05) is 79.0 Å². The molecule has 0 bridgehead atoms. The van der Waals surface area contributed by atoms with Crippen LogP contribution in [-0.4, -0.2) is 50.6 Å². The molecule has 0 amide bonds. The van der Waals surface area contributed by atoms with Crippen molar-refractivity contribution in [2.24, 2.45) is 0 Å². The molecule has 0 N–H and O–H groups in total. The van der Waals surface area contributed by atoms with Crippen molar-refractivity contribution in [3.05, 3.63) is 78.0 Å². The number of fused-ring (bicyclic) bond motifs is 3. The first-order valence-electron chi connectivity index (χ1n) is 10.4. The summed E-state index contributed by atoms with van der Waals surface area (Å²) in [4.78, 5) is 12.9. The summed E-state index contributed by atoms with van der Waals surface area (Å²) < 4.78 is 7.90. The molecule has 0 saturated heterocycles. The van der Waals surface area contributed by atoms with Gasteiger partial charge in [-0.15, -0.1) is 10.2 Å². The second-order valence-corrected chi connectivity index (χ2v) is 8.43. The minimum atomic E-state index is 0.447. The summed E-state index contributed by atoms with van der Waals surface area (Å²) in [5, 5.41) is 9.97. The third kappa shape index (κ3) is 4.30. The molecule has 166 valence electrons. The first kappa shape index (κ1) is 21.1. The van der Waals surface area contributed by atoms with E-state index in [4.69, 9.17) is 16.3 Å². The third-order valence-corrected chi connectivity index (χ3v) is 5.52. The standard InChI is InChI=1S/C24H22ClN7O/c1-30(2)14-17-12-27-24(13-26-17)33-19-6-4-5-18(10-19)31(3)21-11-23-29-28-15-32(23)22-9-16(25)7-8-20(21)22/h4-13,15H,14H2,1-3H3. The SMILES string of the molecule is CN(C)Cc1cnc(Oc2cccc(N(C)c3cc4nncn4c4cc(Cl)ccc34)c2)cn1. The van der Waals surface area contributed by atoms with Crippen LogP contribution < -0.4 is 9.64 Å². The molecule has 5 aromatic rings. The zero-order valence-corrected chi connectivity index (χ0v) is 19.2. The molecule has 0 aliphatic heterocycles. The van der Waals surface area contributed by atoms with Crippen molar-refractivity contribution < 1.29 is 4.74 Å². The number of ether oxygens (including phenoxy) is 1. The molecule has 3 heterocycles. The maximum absolute atomic E-state index is 6.27. The number of hydrogen-bond donors (Lipinski definition) is 0. The maximum Gasteiger partial charge on any atom is 0.237 e. The van der Waals surface area contributed by atoms with Crippen LogP contribution in [0.5, 0.6) is 11.6 Å². The zero-order valence-electron chi connectivity index (χ0n) is 18.5. The fraction of sp³-hybridized carbons (Fsp3) is 0.167. The second-order valence-electron chi connectivity index (χ2n) is 7.99. The number of anilines is 2. The Labute approximate surface area is 196 Å². The summed E-state index contributed by atoms with van der Waals surface area (Å²) in [7, 11) is 5.99. The van der Waals surface area contributed by atoms with Gasteiger partial charge in [0.2, 0.25) is 5.88 Å². The molecule has 0 aliphatic rings. The van der Waals surface area contributed by atoms with Crippen LogP contribution in [0.25, 0.3) is 16.6 Å². The van der Waals surface area contributed by atoms with Gasteiger partial charge in [-0.2, -0.15) is 0 Å². The van der Waals surface area contributed by atoms with Crippen LogP contribution in [-0.2, 0) is 6.54 Å². The summed E-state index contributed by atoms with van der Waals surface area (Å²) >= 11 is 6.27. The molecule has 3 aromatic heterocycles. The van der Waals surface area contributed by atoms with Crippen LogP contribution in [0.2, 0.25) is 5.02 Å². The van der Waals surface area contributed by atoms with Gasteiger partial charge in [0.1, 0.15) is 12.1 Å². The lowest BCUT2D eigenvalue weighted by Gasteiger charge is -2.22. The summed E-state index contributed by atoms with van der Waals surface area (Å²) in [6, 6.07) is 15.6. The van der Waals surface area contributed by atoms with Crippen molar-refractivity contribution >= 4 is 39.5 Å². The number of aromatic nitrogens is 5. The van der Waals surface area contributed by atoms with E-state index in [1.165, 1.54) is 0 Å². The highest BCUT2D eigenvalue weighted by Crippen LogP contribution is 2.35. The molecule has 0 spiro atoms. The van der Waals surface area contributed by atoms with Crippen molar-refractivity contribution in [3.63, 3.8) is 0 Å². The van der Waals surface area contributed by atoms with Crippen molar-refractivity contribution in [1.82, 2.24) is 29.5 Å². The molecule has 2 aromatic carbocycles. The summed E-state index contributed by atoms with van der Waals surface area (Å²) in [6.45, 7) is 0.725. The molecule has 0 atom stereocenters. The first-order valence-corrected chi connectivity index (χ1v) is 10.7. The lowest BCUT2D eigenvalue weighted by molar-refractivity contribution is 0.393. The van der Waals surface area contributed by atoms with Gasteiger partial charge in [-0.1, -0.05) is 17.7 Å². The lowest BCUT2D eigenvalue weighted by atomic mass is 10.1. The molecule has 9 heteroatoms. The summed E-state index contributed by atoms with van der Waals surface area (Å²) in [5.74, 6) is 1.12. The largest absolute Gasteiger partial charge is 0.437 e. The Kier molecular flexibility index (Phi) is 5.53. The van der Waals surface area contributed by atoms with Gasteiger partial charge in [-0.3, -0.25) is 9.38 Å². The average Bonchev–Trinajstić information content (AvgIpc) is 3.28. The Morgan fingerprint density at radius 2 is 1.88 bits per heavy atom.